The van der Waals surface area contributed by atoms with E-state index in [0.717, 1.165) is 5.69 Å². The van der Waals surface area contributed by atoms with Gasteiger partial charge in [0.2, 0.25) is 11.7 Å². The van der Waals surface area contributed by atoms with Crippen molar-refractivity contribution in [3.05, 3.63) is 40.2 Å². The summed E-state index contributed by atoms with van der Waals surface area (Å²) in [6, 6.07) is 3.07. The van der Waals surface area contributed by atoms with Crippen molar-refractivity contribution in [2.24, 2.45) is 11.8 Å². The Hall–Kier alpha value is -3.57. The van der Waals surface area contributed by atoms with Crippen LogP contribution in [0, 0.1) is 11.8 Å². The number of anilines is 1. The summed E-state index contributed by atoms with van der Waals surface area (Å²) in [5.41, 5.74) is -2.19. The number of carbonyl (C=O) groups excluding carboxylic acids is 4. The number of Topliss-reactive ketones (excluding diaryl/α,β-unsaturated/α-hetero) is 2. The molecule has 36 heavy (non-hydrogen) atoms. The number of amides is 2. The smallest absolute Gasteiger partial charge is 0.259 e. The lowest BCUT2D eigenvalue weighted by Gasteiger charge is -2.46. The van der Waals surface area contributed by atoms with Crippen LogP contribution in [0.1, 0.15) is 24.0 Å². The Morgan fingerprint density at radius 2 is 1.83 bits per heavy atom. The third-order valence-corrected chi connectivity index (χ3v) is 7.28. The third kappa shape index (κ3) is 3.79. The monoisotopic (exact) mass is 519 g/mol. The maximum Gasteiger partial charge on any atom is 0.259 e. The van der Waals surface area contributed by atoms with E-state index in [1.54, 1.807) is 25.1 Å². The first-order valence-electron chi connectivity index (χ1n) is 11.2. The predicted molar refractivity (Wildman–Crippen MR) is 128 cm³/mol. The molecule has 1 aromatic rings. The molecule has 3 atom stereocenters. The first kappa shape index (κ1) is 25.5. The number of carbonyl (C=O) groups is 4. The number of hydrogen-bond acceptors (Lipinski definition) is 9. The van der Waals surface area contributed by atoms with Gasteiger partial charge in [-0.2, -0.15) is 0 Å². The van der Waals surface area contributed by atoms with Gasteiger partial charge in [0.1, 0.15) is 28.7 Å². The van der Waals surface area contributed by atoms with E-state index in [4.69, 9.17) is 11.6 Å². The normalized spacial score (nSPS) is 25.1. The maximum atomic E-state index is 13.6. The molecule has 3 aliphatic rings. The van der Waals surface area contributed by atoms with Crippen molar-refractivity contribution < 1.29 is 39.6 Å². The zero-order chi connectivity index (χ0) is 26.5. The fraction of sp³-hybridized carbons (Fsp3) is 0.417. The molecule has 1 aromatic carbocycles. The number of halogens is 1. The number of aromatic hydroxyl groups is 1. The summed E-state index contributed by atoms with van der Waals surface area (Å²) in [6.45, 7) is -0.400. The van der Waals surface area contributed by atoms with Crippen LogP contribution in [0.3, 0.4) is 0 Å². The Balaban J connectivity index is 1.76. The molecule has 3 aliphatic carbocycles. The molecule has 1 fully saturated rings. The number of phenols is 1. The Morgan fingerprint density at radius 1 is 1.14 bits per heavy atom. The van der Waals surface area contributed by atoms with Crippen LogP contribution in [-0.2, 0) is 25.6 Å². The highest BCUT2D eigenvalue weighted by atomic mass is 35.5. The number of alkyl halides is 1. The lowest BCUT2D eigenvalue weighted by molar-refractivity contribution is -0.147. The van der Waals surface area contributed by atoms with Crippen molar-refractivity contribution in [2.75, 3.05) is 31.5 Å². The predicted octanol–water partition coefficient (Wildman–Crippen LogP) is 0.433. The highest BCUT2D eigenvalue weighted by molar-refractivity contribution is 6.27. The minimum absolute atomic E-state index is 0.0613. The largest absolute Gasteiger partial charge is 0.508 e. The molecule has 0 aromatic heterocycles. The second-order valence-corrected chi connectivity index (χ2v) is 9.58. The number of nitrogens with zero attached hydrogens (tertiary/aromatic N) is 1. The van der Waals surface area contributed by atoms with Gasteiger partial charge in [0.15, 0.2) is 11.4 Å². The minimum atomic E-state index is -2.62. The zero-order valence-electron chi connectivity index (χ0n) is 19.6. The molecule has 4 rings (SSSR count). The highest BCUT2D eigenvalue weighted by Gasteiger charge is 2.60. The number of nitrogens with one attached hydrogen (secondary N) is 2. The van der Waals surface area contributed by atoms with Gasteiger partial charge in [0.05, 0.1) is 12.2 Å². The van der Waals surface area contributed by atoms with Crippen molar-refractivity contribution in [1.82, 2.24) is 10.6 Å². The van der Waals surface area contributed by atoms with E-state index < -0.39 is 64.6 Å². The average Bonchev–Trinajstić information content (AvgIpc) is 2.81. The average molecular weight is 520 g/mol. The van der Waals surface area contributed by atoms with Gasteiger partial charge in [-0.25, -0.2) is 0 Å². The molecule has 0 aliphatic heterocycles. The molecule has 11 nitrogen and oxygen atoms in total. The van der Waals surface area contributed by atoms with Crippen LogP contribution >= 0.6 is 11.6 Å². The van der Waals surface area contributed by atoms with E-state index in [9.17, 15) is 39.6 Å². The summed E-state index contributed by atoms with van der Waals surface area (Å²) in [7, 11) is 3.59. The van der Waals surface area contributed by atoms with Crippen molar-refractivity contribution in [3.8, 4) is 5.75 Å². The van der Waals surface area contributed by atoms with Crippen LogP contribution < -0.4 is 15.5 Å². The summed E-state index contributed by atoms with van der Waals surface area (Å²) in [5.74, 6) is -7.32. The van der Waals surface area contributed by atoms with Gasteiger partial charge >= 0.3 is 0 Å². The lowest BCUT2D eigenvalue weighted by atomic mass is 9.59. The molecule has 1 saturated carbocycles. The third-order valence-electron chi connectivity index (χ3n) is 7.04. The number of aliphatic hydroxyl groups is 3. The first-order chi connectivity index (χ1) is 16.9. The first-order valence-corrected chi connectivity index (χ1v) is 11.8. The maximum absolute atomic E-state index is 13.6. The van der Waals surface area contributed by atoms with E-state index in [0.29, 0.717) is 5.56 Å². The van der Waals surface area contributed by atoms with Gasteiger partial charge < -0.3 is 36.0 Å². The Morgan fingerprint density at radius 3 is 2.47 bits per heavy atom. The number of benzene rings is 1. The molecule has 0 spiro atoms. The lowest BCUT2D eigenvalue weighted by Crippen LogP contribution is -2.58. The summed E-state index contributed by atoms with van der Waals surface area (Å²) < 4.78 is 0. The van der Waals surface area contributed by atoms with Gasteiger partial charge in [-0.05, 0) is 36.5 Å². The number of rotatable bonds is 5. The molecule has 12 heteroatoms. The second kappa shape index (κ2) is 9.14. The standard InChI is InChI=1S/C24H26ClN3O8/c1-28(2)13-3-4-14(29)18-12(13)6-10-5-11-7-15(30)19(23(35)27-9-26-16(31)8-25)22(34)24(11,36)21(33)17(10)20(18)32/h3-4,10-11,29,32,34,36H,5-9H2,1-2H3,(H,26,31)(H,27,35). The molecule has 192 valence electrons. The van der Waals surface area contributed by atoms with Crippen LogP contribution in [0.5, 0.6) is 5.75 Å². The highest BCUT2D eigenvalue weighted by Crippen LogP contribution is 2.52. The summed E-state index contributed by atoms with van der Waals surface area (Å²) in [6.07, 6.45) is -0.0671. The zero-order valence-corrected chi connectivity index (χ0v) is 20.3. The van der Waals surface area contributed by atoms with Gasteiger partial charge in [0, 0.05) is 37.7 Å². The van der Waals surface area contributed by atoms with Crippen LogP contribution in [0.25, 0.3) is 5.76 Å². The van der Waals surface area contributed by atoms with E-state index in [1.165, 1.54) is 6.07 Å². The molecule has 3 unspecified atom stereocenters. The molecule has 2 amide bonds. The number of phenolic OH excluding ortho intramolecular Hbond substituents is 1. The van der Waals surface area contributed by atoms with Crippen molar-refractivity contribution in [3.63, 3.8) is 0 Å². The van der Waals surface area contributed by atoms with Crippen LogP contribution in [-0.4, -0.2) is 76.1 Å². The fourth-order valence-corrected chi connectivity index (χ4v) is 5.46. The Labute approximate surface area is 211 Å². The molecule has 0 radical (unpaired) electrons. The fourth-order valence-electron chi connectivity index (χ4n) is 5.36. The molecule has 0 saturated heterocycles. The van der Waals surface area contributed by atoms with Crippen LogP contribution in [0.15, 0.2) is 29.0 Å². The van der Waals surface area contributed by atoms with Gasteiger partial charge in [-0.1, -0.05) is 0 Å². The van der Waals surface area contributed by atoms with E-state index in [2.05, 4.69) is 10.6 Å². The van der Waals surface area contributed by atoms with Crippen LogP contribution in [0.4, 0.5) is 5.69 Å². The van der Waals surface area contributed by atoms with Crippen LogP contribution in [0.2, 0.25) is 0 Å². The Kier molecular flexibility index (Phi) is 6.48. The number of ketones is 2. The molecule has 0 bridgehead atoms. The second-order valence-electron chi connectivity index (χ2n) is 9.31. The van der Waals surface area contributed by atoms with E-state index >= 15 is 0 Å². The molecular formula is C24H26ClN3O8. The van der Waals surface area contributed by atoms with Crippen molar-refractivity contribution >= 4 is 46.4 Å². The SMILES string of the molecule is CN(C)c1ccc(O)c2c1CC1CC3CC(=O)C(C(=O)NCNC(=O)CCl)=C(O)C3(O)C(=O)C1=C2O. The van der Waals surface area contributed by atoms with Crippen molar-refractivity contribution in [1.29, 1.82) is 0 Å². The quantitative estimate of drug-likeness (QED) is 0.183. The van der Waals surface area contributed by atoms with Gasteiger partial charge in [-0.15, -0.1) is 11.6 Å². The molecule has 6 N–H and O–H groups in total. The van der Waals surface area contributed by atoms with E-state index in [1.807, 2.05) is 0 Å². The number of aliphatic hydroxyl groups excluding tert-OH is 2. The molecular weight excluding hydrogens is 494 g/mol. The van der Waals surface area contributed by atoms with Crippen molar-refractivity contribution in [2.45, 2.75) is 24.9 Å². The van der Waals surface area contributed by atoms with Gasteiger partial charge in [-0.3, -0.25) is 19.2 Å². The topological polar surface area (TPSA) is 176 Å². The number of hydrogen-bond donors (Lipinski definition) is 6. The van der Waals surface area contributed by atoms with E-state index in [-0.39, 0.29) is 42.0 Å². The van der Waals surface area contributed by atoms with Gasteiger partial charge in [0.25, 0.3) is 5.91 Å². The number of fused-ring (bicyclic) bond motifs is 3. The summed E-state index contributed by atoms with van der Waals surface area (Å²) >= 11 is 5.36. The Bertz CT molecular complexity index is 1250. The summed E-state index contributed by atoms with van der Waals surface area (Å²) in [4.78, 5) is 52.1. The minimum Gasteiger partial charge on any atom is -0.508 e. The summed E-state index contributed by atoms with van der Waals surface area (Å²) in [5, 5.41) is 48.4. The molecule has 0 heterocycles.